The van der Waals surface area contributed by atoms with E-state index < -0.39 is 0 Å². The molecule has 0 spiro atoms. The maximum Gasteiger partial charge on any atom is 0.444 e. The van der Waals surface area contributed by atoms with Gasteiger partial charge in [0.25, 0.3) is 0 Å². The molecule has 3 saturated heterocycles. The first-order chi connectivity index (χ1) is 15.7. The largest absolute Gasteiger partial charge is 0.444 e. The average molecular weight is 466 g/mol. The lowest BCUT2D eigenvalue weighted by molar-refractivity contribution is -0.883. The molecule has 0 atom stereocenters. The molecule has 0 saturated carbocycles. The van der Waals surface area contributed by atoms with E-state index in [2.05, 4.69) is 15.7 Å². The van der Waals surface area contributed by atoms with Crippen LogP contribution in [0.3, 0.4) is 0 Å². The molecule has 8 N–H and O–H groups in total. The maximum absolute atomic E-state index is 11.9. The highest BCUT2D eigenvalue weighted by atomic mass is 16.6. The highest BCUT2D eigenvalue weighted by Gasteiger charge is 2.47. The second-order valence-corrected chi connectivity index (χ2v) is 8.62. The van der Waals surface area contributed by atoms with Gasteiger partial charge in [-0.3, -0.25) is 4.79 Å². The van der Waals surface area contributed by atoms with Gasteiger partial charge in [0.05, 0.1) is 24.3 Å². The van der Waals surface area contributed by atoms with Crippen LogP contribution in [-0.2, 0) is 9.63 Å². The lowest BCUT2D eigenvalue weighted by Crippen LogP contribution is -2.72. The van der Waals surface area contributed by atoms with E-state index in [1.54, 1.807) is 0 Å². The topological polar surface area (TPSA) is 201 Å². The van der Waals surface area contributed by atoms with Crippen molar-refractivity contribution in [3.8, 4) is 0 Å². The van der Waals surface area contributed by atoms with Crippen LogP contribution < -0.4 is 21.8 Å². The van der Waals surface area contributed by atoms with Gasteiger partial charge in [-0.1, -0.05) is 15.2 Å². The van der Waals surface area contributed by atoms with Gasteiger partial charge in [-0.05, 0) is 0 Å². The molecule has 0 bridgehead atoms. The highest BCUT2D eigenvalue weighted by molar-refractivity contribution is 5.90. The number of ketones is 1. The van der Waals surface area contributed by atoms with Crippen LogP contribution in [0, 0.1) is 10.8 Å². The number of nitrogens with two attached hydrogens (primary N) is 2. The summed E-state index contributed by atoms with van der Waals surface area (Å²) in [4.78, 5) is 18.8. The monoisotopic (exact) mass is 465 g/mol. The van der Waals surface area contributed by atoms with E-state index in [9.17, 15) is 4.79 Å². The number of likely N-dealkylation sites (tertiary alicyclic amines) is 3. The van der Waals surface area contributed by atoms with Crippen molar-refractivity contribution >= 4 is 35.1 Å². The molecule has 0 aliphatic carbocycles. The highest BCUT2D eigenvalue weighted by Crippen LogP contribution is 2.21. The molecule has 14 heteroatoms. The van der Waals surface area contributed by atoms with E-state index in [0.29, 0.717) is 89.5 Å². The normalized spacial score (nSPS) is 26.5. The van der Waals surface area contributed by atoms with Crippen molar-refractivity contribution in [1.82, 2.24) is 10.3 Å². The van der Waals surface area contributed by atoms with Crippen LogP contribution in [0.25, 0.3) is 0 Å². The molecular formula is C19H35N11O3+3. The van der Waals surface area contributed by atoms with Crippen molar-refractivity contribution in [1.29, 1.82) is 10.8 Å². The fourth-order valence-corrected chi connectivity index (χ4v) is 4.37. The molecule has 0 aromatic heterocycles. The summed E-state index contributed by atoms with van der Waals surface area (Å²) >= 11 is 0. The van der Waals surface area contributed by atoms with Crippen molar-refractivity contribution < 1.29 is 24.0 Å². The van der Waals surface area contributed by atoms with Gasteiger partial charge in [0.1, 0.15) is 52.2 Å². The van der Waals surface area contributed by atoms with Crippen molar-refractivity contribution in [3.05, 3.63) is 0 Å². The Morgan fingerprint density at radius 2 is 1.61 bits per heavy atom. The van der Waals surface area contributed by atoms with Gasteiger partial charge in [-0.15, -0.1) is 4.59 Å². The molecule has 0 unspecified atom stereocenters. The first-order valence-electron chi connectivity index (χ1n) is 11.1. The number of guanidine groups is 3. The van der Waals surface area contributed by atoms with Crippen LogP contribution in [0.5, 0.6) is 0 Å². The number of nitrogens with one attached hydrogen (secondary N) is 3. The van der Waals surface area contributed by atoms with Gasteiger partial charge >= 0.3 is 17.9 Å². The Morgan fingerprint density at radius 1 is 1.00 bits per heavy atom. The third kappa shape index (κ3) is 5.46. The lowest BCUT2D eigenvalue weighted by atomic mass is 10.1. The molecule has 3 aliphatic rings. The van der Waals surface area contributed by atoms with Gasteiger partial charge in [-0.2, -0.15) is 10.0 Å². The molecule has 33 heavy (non-hydrogen) atoms. The summed E-state index contributed by atoms with van der Waals surface area (Å²) in [6.45, 7) is 2.65. The second kappa shape index (κ2) is 10.2. The predicted octanol–water partition coefficient (Wildman–Crippen LogP) is -0.894. The molecule has 3 heterocycles. The van der Waals surface area contributed by atoms with Gasteiger partial charge in [0.2, 0.25) is 0 Å². The Balaban J connectivity index is 1.96. The minimum Gasteiger partial charge on any atom is -0.411 e. The zero-order chi connectivity index (χ0) is 24.1. The number of hydrogen-bond donors (Lipinski definition) is 6. The summed E-state index contributed by atoms with van der Waals surface area (Å²) in [5, 5.41) is 38.0. The Morgan fingerprint density at radius 3 is 2.09 bits per heavy atom. The molecule has 0 aromatic carbocycles. The smallest absolute Gasteiger partial charge is 0.411 e. The van der Waals surface area contributed by atoms with E-state index in [1.165, 1.54) is 7.11 Å². The standard InChI is InChI=1S/C19H34N11O3/c1-33-27-15-2-8-28(9-3-15)19(25-30(18(22)23)12-6-16(31)7-13-30)24-29(17(20)21)10-4-14(26-32)5-11-29/h2-13H2,1H3,(H7-,20,21,22,23,24,25,32)/q+2/p+1. The minimum absolute atomic E-state index is 0.0820. The number of hydrogen-bond acceptors (Lipinski definition) is 8. The van der Waals surface area contributed by atoms with E-state index in [1.807, 2.05) is 4.90 Å². The van der Waals surface area contributed by atoms with Gasteiger partial charge in [0.15, 0.2) is 0 Å². The fraction of sp³-hybridized carbons (Fsp3) is 0.684. The quantitative estimate of drug-likeness (QED) is 0.0762. The molecule has 0 aromatic rings. The van der Waals surface area contributed by atoms with Gasteiger partial charge in [-0.25, -0.2) is 10.8 Å². The molecule has 3 rings (SSSR count). The molecule has 181 valence electrons. The molecule has 14 nitrogen and oxygen atoms in total. The first kappa shape index (κ1) is 24.5. The molecule has 3 aliphatic heterocycles. The van der Waals surface area contributed by atoms with Crippen molar-refractivity contribution in [2.75, 3.05) is 46.4 Å². The predicted molar refractivity (Wildman–Crippen MR) is 123 cm³/mol. The third-order valence-corrected chi connectivity index (χ3v) is 6.60. The third-order valence-electron chi connectivity index (χ3n) is 6.60. The summed E-state index contributed by atoms with van der Waals surface area (Å²) in [6.07, 6.45) is 2.89. The Kier molecular flexibility index (Phi) is 7.61. The van der Waals surface area contributed by atoms with E-state index in [0.717, 1.165) is 5.71 Å². The number of rotatable bonds is 2. The number of Topliss-reactive ketones (excluding diaryl/α,β-unsaturated/α-hetero) is 1. The summed E-state index contributed by atoms with van der Waals surface area (Å²) in [5.41, 5.74) is 17.0. The maximum atomic E-state index is 11.9. The fourth-order valence-electron chi connectivity index (χ4n) is 4.37. The van der Waals surface area contributed by atoms with Crippen LogP contribution in [0.15, 0.2) is 15.4 Å². The van der Waals surface area contributed by atoms with Crippen LogP contribution in [-0.4, -0.2) is 95.9 Å². The number of carbonyl (C=O) groups excluding carboxylic acids is 1. The lowest BCUT2D eigenvalue weighted by Gasteiger charge is -2.38. The number of nitrogens with zero attached hydrogens (tertiary/aromatic N) is 6. The number of quaternary nitrogens is 2. The van der Waals surface area contributed by atoms with E-state index >= 15 is 0 Å². The molecule has 1 radical (unpaired) electrons. The second-order valence-electron chi connectivity index (χ2n) is 8.62. The van der Waals surface area contributed by atoms with Crippen molar-refractivity contribution in [2.45, 2.75) is 38.5 Å². The number of oxime groups is 2. The van der Waals surface area contributed by atoms with E-state index in [4.69, 9.17) is 37.4 Å². The summed E-state index contributed by atoms with van der Waals surface area (Å²) in [6, 6.07) is 0. The summed E-state index contributed by atoms with van der Waals surface area (Å²) in [5.74, 6) is 0.392. The van der Waals surface area contributed by atoms with Crippen molar-refractivity contribution in [2.24, 2.45) is 26.9 Å². The summed E-state index contributed by atoms with van der Waals surface area (Å²) in [7, 11) is 1.52. The molecular weight excluding hydrogens is 430 g/mol. The number of piperidine rings is 3. The Bertz CT molecular complexity index is 852. The Hall–Kier alpha value is -3.10. The van der Waals surface area contributed by atoms with Crippen LogP contribution >= 0.6 is 0 Å². The van der Waals surface area contributed by atoms with Gasteiger partial charge in [0, 0.05) is 30.8 Å². The minimum atomic E-state index is -0.145. The zero-order valence-electron chi connectivity index (χ0n) is 19.1. The summed E-state index contributed by atoms with van der Waals surface area (Å²) < 4.78 is -0.227. The number of carbonyl (C=O) groups is 1. The molecule has 0 amide bonds. The SMILES string of the molecule is CON=C1CC[N+](C(=N[N+]2(C(=N)N)CCC(=NO)CC2)N[N+]2(C(=N)N)CCC(=O)CC2)CC1. The first-order valence-corrected chi connectivity index (χ1v) is 11.1. The average Bonchev–Trinajstić information content (AvgIpc) is 2.81. The molecule has 3 fully saturated rings. The van der Waals surface area contributed by atoms with E-state index in [-0.39, 0.29) is 26.9 Å². The van der Waals surface area contributed by atoms with Crippen molar-refractivity contribution in [3.63, 3.8) is 0 Å². The van der Waals surface area contributed by atoms with Crippen LogP contribution in [0.2, 0.25) is 0 Å². The van der Waals surface area contributed by atoms with Crippen LogP contribution in [0.4, 0.5) is 0 Å². The van der Waals surface area contributed by atoms with Crippen LogP contribution in [0.1, 0.15) is 38.5 Å². The van der Waals surface area contributed by atoms with Gasteiger partial charge < -0.3 is 21.5 Å². The zero-order valence-corrected chi connectivity index (χ0v) is 19.1. The Labute approximate surface area is 192 Å².